The van der Waals surface area contributed by atoms with E-state index in [-0.39, 0.29) is 0 Å². The molecule has 0 fully saturated rings. The van der Waals surface area contributed by atoms with Crippen LogP contribution in [0.1, 0.15) is 41.4 Å². The highest BCUT2D eigenvalue weighted by Gasteiger charge is 2.19. The largest absolute Gasteiger partial charge is 0.388 e. The van der Waals surface area contributed by atoms with Crippen molar-refractivity contribution in [2.45, 2.75) is 46.8 Å². The first-order valence-electron chi connectivity index (χ1n) is 6.64. The standard InChI is InChI=1S/C14H19BrN4O/c1-5-19-12(14(15)10(4)18-19)7-13(20)11-6-8(2)16-17-9(11)3/h6,13,20H,5,7H2,1-4H3. The molecule has 20 heavy (non-hydrogen) atoms. The lowest BCUT2D eigenvalue weighted by molar-refractivity contribution is 0.173. The lowest BCUT2D eigenvalue weighted by Gasteiger charge is -2.14. The van der Waals surface area contributed by atoms with Crippen LogP contribution in [0.25, 0.3) is 0 Å². The third-order valence-corrected chi connectivity index (χ3v) is 4.37. The van der Waals surface area contributed by atoms with Crippen molar-refractivity contribution in [3.05, 3.63) is 38.9 Å². The van der Waals surface area contributed by atoms with Gasteiger partial charge in [-0.1, -0.05) is 0 Å². The summed E-state index contributed by atoms with van der Waals surface area (Å²) in [4.78, 5) is 0. The molecular weight excluding hydrogens is 320 g/mol. The Labute approximate surface area is 127 Å². The zero-order valence-electron chi connectivity index (χ0n) is 12.2. The van der Waals surface area contributed by atoms with Crippen LogP contribution in [0.3, 0.4) is 0 Å². The first-order chi connectivity index (χ1) is 9.43. The molecule has 1 atom stereocenters. The van der Waals surface area contributed by atoms with Crippen LogP contribution in [-0.4, -0.2) is 25.1 Å². The Kier molecular flexibility index (Phi) is 4.55. The molecule has 108 valence electrons. The number of rotatable bonds is 4. The average Bonchev–Trinajstić information content (AvgIpc) is 2.69. The molecule has 1 unspecified atom stereocenters. The highest BCUT2D eigenvalue weighted by molar-refractivity contribution is 9.10. The molecule has 0 aromatic carbocycles. The third-order valence-electron chi connectivity index (χ3n) is 3.34. The summed E-state index contributed by atoms with van der Waals surface area (Å²) in [7, 11) is 0. The number of halogens is 1. The van der Waals surface area contributed by atoms with Gasteiger partial charge in [0.2, 0.25) is 0 Å². The highest BCUT2D eigenvalue weighted by Crippen LogP contribution is 2.27. The fourth-order valence-corrected chi connectivity index (χ4v) is 2.71. The molecule has 6 heteroatoms. The fraction of sp³-hybridized carbons (Fsp3) is 0.500. The molecule has 0 radical (unpaired) electrons. The predicted molar refractivity (Wildman–Crippen MR) is 80.5 cm³/mol. The molecule has 0 aliphatic carbocycles. The molecule has 2 aromatic rings. The molecule has 0 saturated carbocycles. The van der Waals surface area contributed by atoms with Crippen LogP contribution in [0.4, 0.5) is 0 Å². The van der Waals surface area contributed by atoms with Crippen molar-refractivity contribution in [3.63, 3.8) is 0 Å². The van der Waals surface area contributed by atoms with Gasteiger partial charge in [0.15, 0.2) is 0 Å². The fourth-order valence-electron chi connectivity index (χ4n) is 2.26. The number of aromatic nitrogens is 4. The topological polar surface area (TPSA) is 63.8 Å². The van der Waals surface area contributed by atoms with Gasteiger partial charge in [0.25, 0.3) is 0 Å². The summed E-state index contributed by atoms with van der Waals surface area (Å²) in [6.45, 7) is 8.51. The smallest absolute Gasteiger partial charge is 0.0864 e. The van der Waals surface area contributed by atoms with Crippen LogP contribution in [0.15, 0.2) is 10.5 Å². The molecule has 0 bridgehead atoms. The number of aliphatic hydroxyl groups excluding tert-OH is 1. The summed E-state index contributed by atoms with van der Waals surface area (Å²) >= 11 is 3.55. The Morgan fingerprint density at radius 2 is 1.95 bits per heavy atom. The van der Waals surface area contributed by atoms with Crippen LogP contribution < -0.4 is 0 Å². The highest BCUT2D eigenvalue weighted by atomic mass is 79.9. The van der Waals surface area contributed by atoms with Gasteiger partial charge in [0.05, 0.1) is 33.4 Å². The lowest BCUT2D eigenvalue weighted by atomic mass is 10.0. The van der Waals surface area contributed by atoms with E-state index < -0.39 is 6.10 Å². The molecule has 0 spiro atoms. The molecular formula is C14H19BrN4O. The van der Waals surface area contributed by atoms with Crippen LogP contribution in [0, 0.1) is 20.8 Å². The van der Waals surface area contributed by atoms with E-state index in [1.165, 1.54) is 0 Å². The SMILES string of the molecule is CCn1nc(C)c(Br)c1CC(O)c1cc(C)nnc1C. The van der Waals surface area contributed by atoms with Gasteiger partial charge >= 0.3 is 0 Å². The molecule has 0 aliphatic heterocycles. The van der Waals surface area contributed by atoms with Crippen LogP contribution in [-0.2, 0) is 13.0 Å². The average molecular weight is 339 g/mol. The van der Waals surface area contributed by atoms with Gasteiger partial charge < -0.3 is 5.11 Å². The maximum atomic E-state index is 10.5. The predicted octanol–water partition coefficient (Wildman–Crippen LogP) is 2.66. The van der Waals surface area contributed by atoms with Gasteiger partial charge in [-0.25, -0.2) is 0 Å². The minimum absolute atomic E-state index is 0.501. The summed E-state index contributed by atoms with van der Waals surface area (Å²) in [5.41, 5.74) is 4.34. The van der Waals surface area contributed by atoms with Crippen molar-refractivity contribution in [1.29, 1.82) is 0 Å². The zero-order chi connectivity index (χ0) is 14.9. The van der Waals surface area contributed by atoms with E-state index >= 15 is 0 Å². The van der Waals surface area contributed by atoms with Crippen molar-refractivity contribution in [1.82, 2.24) is 20.0 Å². The van der Waals surface area contributed by atoms with E-state index in [2.05, 4.69) is 31.2 Å². The van der Waals surface area contributed by atoms with Gasteiger partial charge in [-0.3, -0.25) is 4.68 Å². The molecule has 2 heterocycles. The quantitative estimate of drug-likeness (QED) is 0.930. The molecule has 0 aliphatic rings. The number of aryl methyl sites for hydroxylation is 4. The van der Waals surface area contributed by atoms with Crippen LogP contribution in [0.2, 0.25) is 0 Å². The third kappa shape index (κ3) is 2.91. The molecule has 2 aromatic heterocycles. The van der Waals surface area contributed by atoms with Gasteiger partial charge in [-0.15, -0.1) is 0 Å². The number of nitrogens with zero attached hydrogens (tertiary/aromatic N) is 4. The minimum atomic E-state index is -0.609. The molecule has 5 nitrogen and oxygen atoms in total. The van der Waals surface area contributed by atoms with E-state index in [0.29, 0.717) is 6.42 Å². The lowest BCUT2D eigenvalue weighted by Crippen LogP contribution is -2.11. The normalized spacial score (nSPS) is 12.7. The van der Waals surface area contributed by atoms with Crippen molar-refractivity contribution in [2.75, 3.05) is 0 Å². The summed E-state index contributed by atoms with van der Waals surface area (Å²) < 4.78 is 2.88. The summed E-state index contributed by atoms with van der Waals surface area (Å²) in [6.07, 6.45) is -0.108. The Bertz CT molecular complexity index is 624. The monoisotopic (exact) mass is 338 g/mol. The van der Waals surface area contributed by atoms with Gasteiger partial charge in [-0.2, -0.15) is 15.3 Å². The van der Waals surface area contributed by atoms with Crippen LogP contribution >= 0.6 is 15.9 Å². The van der Waals surface area contributed by atoms with E-state index in [4.69, 9.17) is 0 Å². The Hall–Kier alpha value is -1.27. The second kappa shape index (κ2) is 6.01. The summed E-state index contributed by atoms with van der Waals surface area (Å²) in [5, 5.41) is 23.0. The van der Waals surface area contributed by atoms with Crippen molar-refractivity contribution in [2.24, 2.45) is 0 Å². The minimum Gasteiger partial charge on any atom is -0.388 e. The molecule has 2 rings (SSSR count). The molecule has 1 N–H and O–H groups in total. The molecule has 0 saturated heterocycles. The van der Waals surface area contributed by atoms with Gasteiger partial charge in [0.1, 0.15) is 0 Å². The zero-order valence-corrected chi connectivity index (χ0v) is 13.8. The first kappa shape index (κ1) is 15.1. The molecule has 0 amide bonds. The maximum Gasteiger partial charge on any atom is 0.0864 e. The van der Waals surface area contributed by atoms with Gasteiger partial charge in [-0.05, 0) is 49.7 Å². The maximum absolute atomic E-state index is 10.5. The summed E-state index contributed by atoms with van der Waals surface area (Å²) in [5.74, 6) is 0. The Morgan fingerprint density at radius 3 is 2.60 bits per heavy atom. The second-order valence-electron chi connectivity index (χ2n) is 4.91. The Balaban J connectivity index is 2.32. The van der Waals surface area contributed by atoms with Crippen molar-refractivity contribution >= 4 is 15.9 Å². The van der Waals surface area contributed by atoms with Crippen molar-refractivity contribution < 1.29 is 5.11 Å². The van der Waals surface area contributed by atoms with E-state index in [9.17, 15) is 5.11 Å². The number of hydrogen-bond acceptors (Lipinski definition) is 4. The number of hydrogen-bond donors (Lipinski definition) is 1. The number of aliphatic hydroxyl groups is 1. The van der Waals surface area contributed by atoms with Gasteiger partial charge in [0, 0.05) is 18.5 Å². The van der Waals surface area contributed by atoms with E-state index in [0.717, 1.165) is 39.4 Å². The summed E-state index contributed by atoms with van der Waals surface area (Å²) in [6, 6.07) is 1.89. The first-order valence-corrected chi connectivity index (χ1v) is 7.44. The van der Waals surface area contributed by atoms with Crippen LogP contribution in [0.5, 0.6) is 0 Å². The van der Waals surface area contributed by atoms with E-state index in [1.807, 2.05) is 38.4 Å². The second-order valence-corrected chi connectivity index (χ2v) is 5.70. The van der Waals surface area contributed by atoms with Crippen molar-refractivity contribution in [3.8, 4) is 0 Å². The Morgan fingerprint density at radius 1 is 1.25 bits per heavy atom. The van der Waals surface area contributed by atoms with E-state index in [1.54, 1.807) is 0 Å².